The number of rotatable bonds is 3. The third-order valence-electron chi connectivity index (χ3n) is 2.26. The number of ketones is 1. The molecule has 0 unspecified atom stereocenters. The van der Waals surface area contributed by atoms with Crippen molar-refractivity contribution in [3.8, 4) is 0 Å². The summed E-state index contributed by atoms with van der Waals surface area (Å²) >= 11 is 0. The van der Waals surface area contributed by atoms with Gasteiger partial charge in [0.1, 0.15) is 0 Å². The number of pyridine rings is 1. The minimum absolute atomic E-state index is 0.0585. The van der Waals surface area contributed by atoms with Gasteiger partial charge in [0.05, 0.1) is 5.69 Å². The molecule has 0 spiro atoms. The fourth-order valence-electron chi connectivity index (χ4n) is 1.44. The molecule has 4 heteroatoms. The average Bonchev–Trinajstić information content (AvgIpc) is 2.42. The van der Waals surface area contributed by atoms with Crippen LogP contribution < -0.4 is 0 Å². The summed E-state index contributed by atoms with van der Waals surface area (Å²) in [4.78, 5) is 16.0. The Morgan fingerprint density at radius 3 is 2.35 bits per heavy atom. The van der Waals surface area contributed by atoms with Gasteiger partial charge in [0, 0.05) is 11.8 Å². The van der Waals surface area contributed by atoms with Crippen molar-refractivity contribution in [2.24, 2.45) is 5.16 Å². The van der Waals surface area contributed by atoms with Crippen LogP contribution in [0.1, 0.15) is 16.1 Å². The normalized spacial score (nSPS) is 11.2. The summed E-state index contributed by atoms with van der Waals surface area (Å²) in [5.74, 6) is -0.355. The van der Waals surface area contributed by atoms with E-state index in [2.05, 4.69) is 10.1 Å². The molecule has 1 heterocycles. The maximum atomic E-state index is 12.0. The molecule has 0 fully saturated rings. The topological polar surface area (TPSA) is 62.5 Å². The lowest BCUT2D eigenvalue weighted by atomic mass is 10.0. The molecular weight excluding hydrogens is 216 g/mol. The third-order valence-corrected chi connectivity index (χ3v) is 2.26. The second-order valence-corrected chi connectivity index (χ2v) is 3.36. The van der Waals surface area contributed by atoms with E-state index >= 15 is 0 Å². The van der Waals surface area contributed by atoms with E-state index in [-0.39, 0.29) is 11.5 Å². The Balaban J connectivity index is 2.37. The molecule has 84 valence electrons. The van der Waals surface area contributed by atoms with E-state index in [0.29, 0.717) is 11.3 Å². The molecule has 0 bridgehead atoms. The van der Waals surface area contributed by atoms with Crippen molar-refractivity contribution in [2.45, 2.75) is 0 Å². The van der Waals surface area contributed by atoms with Crippen LogP contribution in [0.15, 0.2) is 59.9 Å². The monoisotopic (exact) mass is 226 g/mol. The zero-order valence-electron chi connectivity index (χ0n) is 8.95. The average molecular weight is 226 g/mol. The van der Waals surface area contributed by atoms with Crippen LogP contribution in [0.5, 0.6) is 0 Å². The fourth-order valence-corrected chi connectivity index (χ4v) is 1.44. The molecule has 0 saturated carbocycles. The zero-order chi connectivity index (χ0) is 12.1. The molecule has 1 aromatic carbocycles. The van der Waals surface area contributed by atoms with Crippen molar-refractivity contribution >= 4 is 11.5 Å². The highest BCUT2D eigenvalue weighted by atomic mass is 16.4. The predicted molar refractivity (Wildman–Crippen MR) is 63.3 cm³/mol. The van der Waals surface area contributed by atoms with Gasteiger partial charge in [-0.2, -0.15) is 0 Å². The Morgan fingerprint density at radius 1 is 1.06 bits per heavy atom. The standard InChI is InChI=1S/C13H10N2O2/c16-13(10-6-2-1-3-7-10)12(15-17)11-8-4-5-9-14-11/h1-9,17H/b15-12+. The third kappa shape index (κ3) is 2.36. The van der Waals surface area contributed by atoms with E-state index in [9.17, 15) is 4.79 Å². The van der Waals surface area contributed by atoms with Crippen molar-refractivity contribution in [1.29, 1.82) is 0 Å². The lowest BCUT2D eigenvalue weighted by molar-refractivity contribution is 0.106. The molecular formula is C13H10N2O2. The van der Waals surface area contributed by atoms with Gasteiger partial charge in [0.2, 0.25) is 5.78 Å². The molecule has 0 radical (unpaired) electrons. The van der Waals surface area contributed by atoms with Gasteiger partial charge in [-0.3, -0.25) is 9.78 Å². The minimum Gasteiger partial charge on any atom is -0.410 e. The smallest absolute Gasteiger partial charge is 0.216 e. The van der Waals surface area contributed by atoms with Crippen molar-refractivity contribution in [1.82, 2.24) is 4.98 Å². The lowest BCUT2D eigenvalue weighted by Gasteiger charge is -2.02. The van der Waals surface area contributed by atoms with Crippen molar-refractivity contribution < 1.29 is 10.0 Å². The summed E-state index contributed by atoms with van der Waals surface area (Å²) in [5.41, 5.74) is 0.756. The van der Waals surface area contributed by atoms with E-state index in [4.69, 9.17) is 5.21 Å². The zero-order valence-corrected chi connectivity index (χ0v) is 8.95. The maximum absolute atomic E-state index is 12.0. The number of aromatic nitrogens is 1. The molecule has 0 saturated heterocycles. The van der Waals surface area contributed by atoms with Gasteiger partial charge in [-0.15, -0.1) is 0 Å². The van der Waals surface area contributed by atoms with Gasteiger partial charge >= 0.3 is 0 Å². The van der Waals surface area contributed by atoms with Gasteiger partial charge in [0.25, 0.3) is 0 Å². The van der Waals surface area contributed by atoms with E-state index in [1.807, 2.05) is 6.07 Å². The highest BCUT2D eigenvalue weighted by Crippen LogP contribution is 2.06. The van der Waals surface area contributed by atoms with Gasteiger partial charge in [-0.05, 0) is 12.1 Å². The number of benzene rings is 1. The molecule has 0 aliphatic carbocycles. The molecule has 1 N–H and O–H groups in total. The number of Topliss-reactive ketones (excluding diaryl/α,β-unsaturated/α-hetero) is 1. The number of oxime groups is 1. The van der Waals surface area contributed by atoms with Crippen LogP contribution >= 0.6 is 0 Å². The van der Waals surface area contributed by atoms with Crippen molar-refractivity contribution in [3.05, 3.63) is 66.0 Å². The first-order valence-electron chi connectivity index (χ1n) is 5.06. The van der Waals surface area contributed by atoms with Crippen LogP contribution in [0.2, 0.25) is 0 Å². The summed E-state index contributed by atoms with van der Waals surface area (Å²) < 4.78 is 0. The molecule has 2 rings (SSSR count). The van der Waals surface area contributed by atoms with Crippen LogP contribution in [0, 0.1) is 0 Å². The summed E-state index contributed by atoms with van der Waals surface area (Å²) in [7, 11) is 0. The number of carbonyl (C=O) groups is 1. The van der Waals surface area contributed by atoms with Crippen LogP contribution in [-0.4, -0.2) is 21.7 Å². The van der Waals surface area contributed by atoms with E-state index in [0.717, 1.165) is 0 Å². The Hall–Kier alpha value is -2.49. The van der Waals surface area contributed by atoms with E-state index in [1.54, 1.807) is 48.7 Å². The van der Waals surface area contributed by atoms with Crippen molar-refractivity contribution in [2.75, 3.05) is 0 Å². The fraction of sp³-hybridized carbons (Fsp3) is 0. The molecule has 0 aliphatic heterocycles. The largest absolute Gasteiger partial charge is 0.410 e. The Bertz CT molecular complexity index is 536. The number of hydrogen-bond donors (Lipinski definition) is 1. The van der Waals surface area contributed by atoms with Gasteiger partial charge in [-0.25, -0.2) is 0 Å². The molecule has 17 heavy (non-hydrogen) atoms. The first-order chi connectivity index (χ1) is 8.33. The van der Waals surface area contributed by atoms with E-state index < -0.39 is 0 Å². The molecule has 4 nitrogen and oxygen atoms in total. The van der Waals surface area contributed by atoms with Crippen LogP contribution in [-0.2, 0) is 0 Å². The predicted octanol–water partition coefficient (Wildman–Crippen LogP) is 2.14. The second kappa shape index (κ2) is 5.03. The van der Waals surface area contributed by atoms with Crippen molar-refractivity contribution in [3.63, 3.8) is 0 Å². The Morgan fingerprint density at radius 2 is 1.76 bits per heavy atom. The SMILES string of the molecule is O=C(/C(=N/O)c1ccccn1)c1ccccc1. The summed E-state index contributed by atoms with van der Waals surface area (Å²) in [6.45, 7) is 0. The lowest BCUT2D eigenvalue weighted by Crippen LogP contribution is -2.17. The van der Waals surface area contributed by atoms with E-state index in [1.165, 1.54) is 0 Å². The molecule has 2 aromatic rings. The second-order valence-electron chi connectivity index (χ2n) is 3.36. The summed E-state index contributed by atoms with van der Waals surface area (Å²) in [6, 6.07) is 13.7. The Kier molecular flexibility index (Phi) is 3.25. The highest BCUT2D eigenvalue weighted by Gasteiger charge is 2.17. The molecule has 1 aromatic heterocycles. The highest BCUT2D eigenvalue weighted by molar-refractivity contribution is 6.50. The van der Waals surface area contributed by atoms with Crippen LogP contribution in [0.25, 0.3) is 0 Å². The maximum Gasteiger partial charge on any atom is 0.216 e. The Labute approximate surface area is 98.2 Å². The van der Waals surface area contributed by atoms with Gasteiger partial charge in [-0.1, -0.05) is 41.6 Å². The molecule has 0 atom stereocenters. The molecule has 0 amide bonds. The summed E-state index contributed by atoms with van der Waals surface area (Å²) in [5, 5.41) is 12.0. The quantitative estimate of drug-likeness (QED) is 0.377. The summed E-state index contributed by atoms with van der Waals surface area (Å²) in [6.07, 6.45) is 1.54. The first-order valence-corrected chi connectivity index (χ1v) is 5.06. The molecule has 0 aliphatic rings. The number of carbonyl (C=O) groups excluding carboxylic acids is 1. The minimum atomic E-state index is -0.355. The van der Waals surface area contributed by atoms with Crippen LogP contribution in [0.3, 0.4) is 0 Å². The van der Waals surface area contributed by atoms with Crippen LogP contribution in [0.4, 0.5) is 0 Å². The van der Waals surface area contributed by atoms with Gasteiger partial charge < -0.3 is 5.21 Å². The first kappa shape index (κ1) is 11.0. The number of hydrogen-bond acceptors (Lipinski definition) is 4. The number of nitrogens with zero attached hydrogens (tertiary/aromatic N) is 2. The van der Waals surface area contributed by atoms with Gasteiger partial charge in [0.15, 0.2) is 5.71 Å².